The number of allylic oxidation sites excluding steroid dienone is 1. The van der Waals surface area contributed by atoms with Gasteiger partial charge in [0.1, 0.15) is 0 Å². The lowest BCUT2D eigenvalue weighted by molar-refractivity contribution is -0.132. The number of hydrogen-bond donors (Lipinski definition) is 1. The van der Waals surface area contributed by atoms with Crippen LogP contribution in [0.1, 0.15) is 24.1 Å². The molecule has 2 heterocycles. The summed E-state index contributed by atoms with van der Waals surface area (Å²) in [6, 6.07) is 1.32. The van der Waals surface area contributed by atoms with Crippen LogP contribution in [0.5, 0.6) is 5.88 Å². The topological polar surface area (TPSA) is 79.7 Å². The SMILES string of the molecule is Cc1cc(C(C)N2CC3=C(C=C=CC=C3C(=O)O)C2=O)cnc1OCC(F)F. The fraction of sp³-hybridized carbons (Fsp3) is 0.300. The van der Waals surface area contributed by atoms with E-state index in [1.54, 1.807) is 24.8 Å². The Labute approximate surface area is 160 Å². The number of nitrogens with zero attached hydrogens (tertiary/aromatic N) is 2. The maximum atomic E-state index is 12.8. The Bertz CT molecular complexity index is 959. The molecule has 0 fully saturated rings. The smallest absolute Gasteiger partial charge is 0.336 e. The zero-order valence-electron chi connectivity index (χ0n) is 15.3. The number of aliphatic carboxylic acids is 1. The van der Waals surface area contributed by atoms with Crippen LogP contribution in [0.15, 0.2) is 52.9 Å². The Hall–Kier alpha value is -3.25. The Morgan fingerprint density at radius 3 is 2.86 bits per heavy atom. The van der Waals surface area contributed by atoms with Gasteiger partial charge in [-0.3, -0.25) is 4.79 Å². The molecule has 2 aliphatic rings. The number of carbonyl (C=O) groups is 2. The van der Waals surface area contributed by atoms with E-state index in [1.807, 2.05) is 0 Å². The number of carbonyl (C=O) groups excluding carboxylic acids is 1. The fourth-order valence-electron chi connectivity index (χ4n) is 3.15. The molecule has 0 bridgehead atoms. The van der Waals surface area contributed by atoms with Crippen LogP contribution in [0.4, 0.5) is 8.78 Å². The summed E-state index contributed by atoms with van der Waals surface area (Å²) in [4.78, 5) is 30.0. The molecule has 0 saturated heterocycles. The Morgan fingerprint density at radius 1 is 1.46 bits per heavy atom. The molecule has 0 aromatic carbocycles. The molecule has 1 amide bonds. The van der Waals surface area contributed by atoms with Crippen LogP contribution in [0.2, 0.25) is 0 Å². The average Bonchev–Trinajstić information content (AvgIpc) is 2.83. The van der Waals surface area contributed by atoms with Crippen molar-refractivity contribution in [3.05, 3.63) is 64.1 Å². The van der Waals surface area contributed by atoms with Gasteiger partial charge in [-0.1, -0.05) is 0 Å². The summed E-state index contributed by atoms with van der Waals surface area (Å²) in [6.45, 7) is 2.88. The van der Waals surface area contributed by atoms with Crippen molar-refractivity contribution in [3.8, 4) is 5.88 Å². The van der Waals surface area contributed by atoms with Crippen molar-refractivity contribution in [1.29, 1.82) is 0 Å². The molecular formula is C20H18F2N2O4. The monoisotopic (exact) mass is 388 g/mol. The average molecular weight is 388 g/mol. The van der Waals surface area contributed by atoms with E-state index < -0.39 is 25.0 Å². The molecule has 0 saturated carbocycles. The number of pyridine rings is 1. The van der Waals surface area contributed by atoms with Crippen LogP contribution in [-0.2, 0) is 9.59 Å². The van der Waals surface area contributed by atoms with Crippen molar-refractivity contribution >= 4 is 11.9 Å². The van der Waals surface area contributed by atoms with Crippen LogP contribution in [0.25, 0.3) is 0 Å². The quantitative estimate of drug-likeness (QED) is 0.758. The number of hydrogen-bond acceptors (Lipinski definition) is 4. The van der Waals surface area contributed by atoms with Gasteiger partial charge in [0.15, 0.2) is 6.61 Å². The van der Waals surface area contributed by atoms with E-state index in [0.717, 1.165) is 0 Å². The maximum absolute atomic E-state index is 12.8. The van der Waals surface area contributed by atoms with Gasteiger partial charge in [0.05, 0.1) is 17.2 Å². The Kier molecular flexibility index (Phi) is 5.42. The van der Waals surface area contributed by atoms with Gasteiger partial charge < -0.3 is 14.7 Å². The Morgan fingerprint density at radius 2 is 2.21 bits per heavy atom. The van der Waals surface area contributed by atoms with E-state index in [-0.39, 0.29) is 23.9 Å². The Balaban J connectivity index is 1.83. The second kappa shape index (κ2) is 7.78. The highest BCUT2D eigenvalue weighted by Gasteiger charge is 2.36. The molecule has 1 aromatic rings. The maximum Gasteiger partial charge on any atom is 0.336 e. The number of halogens is 2. The number of carboxylic acids is 1. The third kappa shape index (κ3) is 3.73. The van der Waals surface area contributed by atoms with Crippen molar-refractivity contribution in [2.75, 3.05) is 13.2 Å². The zero-order chi connectivity index (χ0) is 20.4. The first kappa shape index (κ1) is 19.5. The predicted octanol–water partition coefficient (Wildman–Crippen LogP) is 2.97. The first-order chi connectivity index (χ1) is 13.3. The van der Waals surface area contributed by atoms with E-state index in [4.69, 9.17) is 4.74 Å². The van der Waals surface area contributed by atoms with E-state index in [0.29, 0.717) is 22.3 Å². The molecule has 28 heavy (non-hydrogen) atoms. The highest BCUT2D eigenvalue weighted by Crippen LogP contribution is 2.34. The second-order valence-corrected chi connectivity index (χ2v) is 6.46. The third-order valence-electron chi connectivity index (χ3n) is 4.62. The van der Waals surface area contributed by atoms with Crippen molar-refractivity contribution in [1.82, 2.24) is 9.88 Å². The van der Waals surface area contributed by atoms with Gasteiger partial charge in [-0.25, -0.2) is 18.6 Å². The summed E-state index contributed by atoms with van der Waals surface area (Å²) in [5, 5.41) is 9.42. The zero-order valence-corrected chi connectivity index (χ0v) is 15.3. The molecule has 1 aliphatic heterocycles. The van der Waals surface area contributed by atoms with Gasteiger partial charge in [0.2, 0.25) is 5.88 Å². The molecule has 1 N–H and O–H groups in total. The largest absolute Gasteiger partial charge is 0.478 e. The molecule has 1 atom stereocenters. The highest BCUT2D eigenvalue weighted by atomic mass is 19.3. The van der Waals surface area contributed by atoms with Gasteiger partial charge in [-0.2, -0.15) is 0 Å². The highest BCUT2D eigenvalue weighted by molar-refractivity contribution is 6.05. The van der Waals surface area contributed by atoms with E-state index in [9.17, 15) is 23.5 Å². The minimum Gasteiger partial charge on any atom is -0.478 e. The van der Waals surface area contributed by atoms with Crippen LogP contribution in [-0.4, -0.2) is 46.4 Å². The van der Waals surface area contributed by atoms with E-state index in [1.165, 1.54) is 24.4 Å². The summed E-state index contributed by atoms with van der Waals surface area (Å²) in [5.41, 5.74) is 4.84. The molecular weight excluding hydrogens is 370 g/mol. The van der Waals surface area contributed by atoms with Gasteiger partial charge in [0, 0.05) is 18.3 Å². The standard InChI is InChI=1S/C20H18F2N2O4/c1-11-7-13(8-23-18(11)28-10-17(21)22)12(2)24-9-16-14(19(24)25)5-3-4-6-15(16)20(26)27/h4-8,12,17H,9-10H2,1-2H3,(H,26,27). The lowest BCUT2D eigenvalue weighted by atomic mass is 10.0. The van der Waals surface area contributed by atoms with Crippen LogP contribution < -0.4 is 4.74 Å². The van der Waals surface area contributed by atoms with E-state index in [2.05, 4.69) is 10.7 Å². The number of amides is 1. The lowest BCUT2D eigenvalue weighted by Crippen LogP contribution is -2.30. The summed E-state index contributed by atoms with van der Waals surface area (Å²) in [7, 11) is 0. The summed E-state index contributed by atoms with van der Waals surface area (Å²) in [6.07, 6.45) is 3.25. The molecule has 0 spiro atoms. The second-order valence-electron chi connectivity index (χ2n) is 6.46. The molecule has 8 heteroatoms. The number of carboxylic acid groups (broad SMARTS) is 1. The number of rotatable bonds is 6. The van der Waals surface area contributed by atoms with Gasteiger partial charge in [-0.05, 0) is 49.3 Å². The first-order valence-corrected chi connectivity index (χ1v) is 8.57. The van der Waals surface area contributed by atoms with Gasteiger partial charge in [-0.15, -0.1) is 5.73 Å². The van der Waals surface area contributed by atoms with Crippen LogP contribution >= 0.6 is 0 Å². The van der Waals surface area contributed by atoms with Crippen LogP contribution in [0.3, 0.4) is 0 Å². The molecule has 1 aromatic heterocycles. The summed E-state index contributed by atoms with van der Waals surface area (Å²) in [5.74, 6) is -1.30. The minimum atomic E-state index is -2.60. The van der Waals surface area contributed by atoms with E-state index >= 15 is 0 Å². The summed E-state index contributed by atoms with van der Waals surface area (Å²) < 4.78 is 29.6. The molecule has 3 rings (SSSR count). The fourth-order valence-corrected chi connectivity index (χ4v) is 3.15. The van der Waals surface area contributed by atoms with Gasteiger partial charge >= 0.3 is 5.97 Å². The minimum absolute atomic E-state index is 0.0596. The molecule has 0 radical (unpaired) electrons. The number of alkyl halides is 2. The van der Waals surface area contributed by atoms with Gasteiger partial charge in [0.25, 0.3) is 12.3 Å². The predicted molar refractivity (Wildman–Crippen MR) is 96.0 cm³/mol. The number of aryl methyl sites for hydroxylation is 1. The van der Waals surface area contributed by atoms with Crippen molar-refractivity contribution < 1.29 is 28.2 Å². The molecule has 6 nitrogen and oxygen atoms in total. The third-order valence-corrected chi connectivity index (χ3v) is 4.62. The number of aromatic nitrogens is 1. The van der Waals surface area contributed by atoms with Crippen molar-refractivity contribution in [3.63, 3.8) is 0 Å². The van der Waals surface area contributed by atoms with Crippen LogP contribution in [0, 0.1) is 6.92 Å². The lowest BCUT2D eigenvalue weighted by Gasteiger charge is -2.26. The molecule has 146 valence electrons. The first-order valence-electron chi connectivity index (χ1n) is 8.57. The van der Waals surface area contributed by atoms with Crippen molar-refractivity contribution in [2.45, 2.75) is 26.3 Å². The number of ether oxygens (including phenoxy) is 1. The normalized spacial score (nSPS) is 17.0. The molecule has 1 aliphatic carbocycles. The summed E-state index contributed by atoms with van der Waals surface area (Å²) >= 11 is 0. The molecule has 1 unspecified atom stereocenters. The van der Waals surface area contributed by atoms with Crippen molar-refractivity contribution in [2.24, 2.45) is 0 Å².